The van der Waals surface area contributed by atoms with Crippen molar-refractivity contribution in [2.24, 2.45) is 0 Å². The predicted octanol–water partition coefficient (Wildman–Crippen LogP) is 2.56. The molecule has 0 amide bonds. The molecule has 0 spiro atoms. The number of rotatable bonds is 3. The standard InChI is InChI=1S/C16H19F2N5/c1-11-19-15(21-12-3-4-13(17)14(18)9-12)10-16(20-11)23-7-5-22(2)6-8-23/h3-4,9-10H,5-8H2,1-2H3,(H,19,20,21). The first-order valence-corrected chi connectivity index (χ1v) is 7.52. The summed E-state index contributed by atoms with van der Waals surface area (Å²) in [4.78, 5) is 13.3. The van der Waals surface area contributed by atoms with Gasteiger partial charge in [0.15, 0.2) is 11.6 Å². The Morgan fingerprint density at radius 3 is 2.43 bits per heavy atom. The van der Waals surface area contributed by atoms with Gasteiger partial charge in [-0.05, 0) is 26.1 Å². The van der Waals surface area contributed by atoms with Crippen LogP contribution in [0.4, 0.5) is 26.1 Å². The van der Waals surface area contributed by atoms with E-state index in [0.29, 0.717) is 17.3 Å². The molecule has 5 nitrogen and oxygen atoms in total. The number of anilines is 3. The molecule has 7 heteroatoms. The minimum absolute atomic E-state index is 0.450. The summed E-state index contributed by atoms with van der Waals surface area (Å²) in [6.07, 6.45) is 0. The number of halogens is 2. The van der Waals surface area contributed by atoms with E-state index in [4.69, 9.17) is 0 Å². The highest BCUT2D eigenvalue weighted by Crippen LogP contribution is 2.22. The third-order valence-corrected chi connectivity index (χ3v) is 3.84. The Kier molecular flexibility index (Phi) is 4.38. The summed E-state index contributed by atoms with van der Waals surface area (Å²) < 4.78 is 26.3. The van der Waals surface area contributed by atoms with Crippen LogP contribution in [0.5, 0.6) is 0 Å². The van der Waals surface area contributed by atoms with E-state index in [2.05, 4.69) is 32.1 Å². The van der Waals surface area contributed by atoms with E-state index < -0.39 is 11.6 Å². The van der Waals surface area contributed by atoms with Gasteiger partial charge in [0, 0.05) is 44.0 Å². The fourth-order valence-corrected chi connectivity index (χ4v) is 2.54. The van der Waals surface area contributed by atoms with Gasteiger partial charge in [0.25, 0.3) is 0 Å². The largest absolute Gasteiger partial charge is 0.354 e. The first-order valence-electron chi connectivity index (χ1n) is 7.52. The maximum atomic E-state index is 13.3. The van der Waals surface area contributed by atoms with E-state index in [1.165, 1.54) is 6.07 Å². The van der Waals surface area contributed by atoms with Crippen LogP contribution in [0.1, 0.15) is 5.82 Å². The number of likely N-dealkylation sites (N-methyl/N-ethyl adjacent to an activating group) is 1. The average Bonchev–Trinajstić information content (AvgIpc) is 2.51. The van der Waals surface area contributed by atoms with Crippen molar-refractivity contribution in [3.8, 4) is 0 Å². The monoisotopic (exact) mass is 319 g/mol. The van der Waals surface area contributed by atoms with Crippen molar-refractivity contribution in [2.45, 2.75) is 6.92 Å². The average molecular weight is 319 g/mol. The molecule has 2 aromatic rings. The molecule has 1 fully saturated rings. The number of nitrogens with one attached hydrogen (secondary N) is 1. The zero-order valence-electron chi connectivity index (χ0n) is 13.2. The Bertz CT molecular complexity index is 699. The van der Waals surface area contributed by atoms with Gasteiger partial charge in [0.2, 0.25) is 0 Å². The number of nitrogens with zero attached hydrogens (tertiary/aromatic N) is 4. The van der Waals surface area contributed by atoms with E-state index in [1.54, 1.807) is 0 Å². The predicted molar refractivity (Wildman–Crippen MR) is 86.1 cm³/mol. The van der Waals surface area contributed by atoms with Crippen molar-refractivity contribution in [2.75, 3.05) is 43.4 Å². The molecule has 2 heterocycles. The van der Waals surface area contributed by atoms with Crippen LogP contribution in [0, 0.1) is 18.6 Å². The number of hydrogen-bond acceptors (Lipinski definition) is 5. The lowest BCUT2D eigenvalue weighted by molar-refractivity contribution is 0.312. The van der Waals surface area contributed by atoms with Crippen LogP contribution >= 0.6 is 0 Å². The van der Waals surface area contributed by atoms with Crippen LogP contribution in [0.15, 0.2) is 24.3 Å². The number of piperazine rings is 1. The zero-order valence-corrected chi connectivity index (χ0v) is 13.2. The summed E-state index contributed by atoms with van der Waals surface area (Å²) in [7, 11) is 2.10. The molecule has 0 unspecified atom stereocenters. The van der Waals surface area contributed by atoms with Crippen molar-refractivity contribution in [3.63, 3.8) is 0 Å². The third kappa shape index (κ3) is 3.73. The summed E-state index contributed by atoms with van der Waals surface area (Å²) in [6.45, 7) is 5.58. The molecular weight excluding hydrogens is 300 g/mol. The van der Waals surface area contributed by atoms with E-state index in [-0.39, 0.29) is 0 Å². The maximum absolute atomic E-state index is 13.3. The Labute approximate surface area is 134 Å². The summed E-state index contributed by atoms with van der Waals surface area (Å²) in [5, 5.41) is 3.01. The van der Waals surface area contributed by atoms with Gasteiger partial charge in [0.05, 0.1) is 0 Å². The fourth-order valence-electron chi connectivity index (χ4n) is 2.54. The lowest BCUT2D eigenvalue weighted by Gasteiger charge is -2.33. The van der Waals surface area contributed by atoms with Crippen molar-refractivity contribution in [1.82, 2.24) is 14.9 Å². The molecule has 0 atom stereocenters. The summed E-state index contributed by atoms with van der Waals surface area (Å²) in [6, 6.07) is 5.51. The van der Waals surface area contributed by atoms with Gasteiger partial charge in [-0.1, -0.05) is 0 Å². The van der Waals surface area contributed by atoms with Crippen LogP contribution < -0.4 is 10.2 Å². The highest BCUT2D eigenvalue weighted by atomic mass is 19.2. The normalized spacial score (nSPS) is 15.7. The van der Waals surface area contributed by atoms with E-state index >= 15 is 0 Å². The van der Waals surface area contributed by atoms with Crippen molar-refractivity contribution >= 4 is 17.3 Å². The second-order valence-electron chi connectivity index (χ2n) is 5.70. The van der Waals surface area contributed by atoms with Gasteiger partial charge in [-0.25, -0.2) is 18.7 Å². The molecule has 23 heavy (non-hydrogen) atoms. The summed E-state index contributed by atoms with van der Waals surface area (Å²) >= 11 is 0. The first-order chi connectivity index (χ1) is 11.0. The number of hydrogen-bond donors (Lipinski definition) is 1. The topological polar surface area (TPSA) is 44.3 Å². The van der Waals surface area contributed by atoms with Gasteiger partial charge in [-0.3, -0.25) is 0 Å². The van der Waals surface area contributed by atoms with Crippen molar-refractivity contribution in [1.29, 1.82) is 0 Å². The van der Waals surface area contributed by atoms with E-state index in [1.807, 2.05) is 13.0 Å². The summed E-state index contributed by atoms with van der Waals surface area (Å²) in [5.74, 6) is 0.284. The smallest absolute Gasteiger partial charge is 0.160 e. The number of aromatic nitrogens is 2. The molecule has 1 aromatic heterocycles. The second-order valence-corrected chi connectivity index (χ2v) is 5.70. The number of benzene rings is 1. The quantitative estimate of drug-likeness (QED) is 0.942. The van der Waals surface area contributed by atoms with Gasteiger partial charge in [0.1, 0.15) is 17.5 Å². The molecule has 1 N–H and O–H groups in total. The lowest BCUT2D eigenvalue weighted by atomic mass is 10.3. The van der Waals surface area contributed by atoms with Crippen LogP contribution in [-0.4, -0.2) is 48.1 Å². The molecule has 1 aromatic carbocycles. The Morgan fingerprint density at radius 1 is 1.00 bits per heavy atom. The van der Waals surface area contributed by atoms with Gasteiger partial charge in [-0.2, -0.15) is 0 Å². The second kappa shape index (κ2) is 6.45. The van der Waals surface area contributed by atoms with Gasteiger partial charge < -0.3 is 15.1 Å². The van der Waals surface area contributed by atoms with Crippen molar-refractivity contribution < 1.29 is 8.78 Å². The molecule has 1 saturated heterocycles. The highest BCUT2D eigenvalue weighted by Gasteiger charge is 2.16. The highest BCUT2D eigenvalue weighted by molar-refractivity contribution is 5.59. The lowest BCUT2D eigenvalue weighted by Crippen LogP contribution is -2.44. The molecule has 3 rings (SSSR count). The minimum Gasteiger partial charge on any atom is -0.354 e. The minimum atomic E-state index is -0.889. The molecule has 0 aliphatic carbocycles. The van der Waals surface area contributed by atoms with Gasteiger partial charge >= 0.3 is 0 Å². The van der Waals surface area contributed by atoms with Crippen LogP contribution in [-0.2, 0) is 0 Å². The first kappa shape index (κ1) is 15.6. The zero-order chi connectivity index (χ0) is 16.4. The molecule has 0 bridgehead atoms. The SMILES string of the molecule is Cc1nc(Nc2ccc(F)c(F)c2)cc(N2CCN(C)CC2)n1. The molecular formula is C16H19F2N5. The van der Waals surface area contributed by atoms with Gasteiger partial charge in [-0.15, -0.1) is 0 Å². The molecule has 0 saturated carbocycles. The van der Waals surface area contributed by atoms with Crippen LogP contribution in [0.2, 0.25) is 0 Å². The Morgan fingerprint density at radius 2 is 1.74 bits per heavy atom. The van der Waals surface area contributed by atoms with Crippen LogP contribution in [0.3, 0.4) is 0 Å². The Hall–Kier alpha value is -2.28. The van der Waals surface area contributed by atoms with E-state index in [0.717, 1.165) is 44.1 Å². The molecule has 1 aliphatic rings. The number of aryl methyl sites for hydroxylation is 1. The molecule has 0 radical (unpaired) electrons. The van der Waals surface area contributed by atoms with Crippen LogP contribution in [0.25, 0.3) is 0 Å². The van der Waals surface area contributed by atoms with E-state index in [9.17, 15) is 8.78 Å². The summed E-state index contributed by atoms with van der Waals surface area (Å²) in [5.41, 5.74) is 0.450. The molecule has 1 aliphatic heterocycles. The maximum Gasteiger partial charge on any atom is 0.160 e. The Balaban J connectivity index is 1.81. The molecule has 122 valence electrons. The third-order valence-electron chi connectivity index (χ3n) is 3.84. The fraction of sp³-hybridized carbons (Fsp3) is 0.375. The van der Waals surface area contributed by atoms with Crippen molar-refractivity contribution in [3.05, 3.63) is 41.7 Å².